The lowest BCUT2D eigenvalue weighted by atomic mass is 9.62. The van der Waals surface area contributed by atoms with Gasteiger partial charge in [0.1, 0.15) is 11.4 Å². The number of amides is 1. The van der Waals surface area contributed by atoms with E-state index in [1.807, 2.05) is 0 Å². The van der Waals surface area contributed by atoms with E-state index in [1.165, 1.54) is 6.07 Å². The monoisotopic (exact) mass is 306 g/mol. The number of nitrogens with two attached hydrogens (primary N) is 1. The molecule has 2 bridgehead atoms. The maximum absolute atomic E-state index is 14.9. The second-order valence-electron chi connectivity index (χ2n) is 6.57. The lowest BCUT2D eigenvalue weighted by molar-refractivity contribution is -0.167. The van der Waals surface area contributed by atoms with Crippen LogP contribution >= 0.6 is 0 Å². The fraction of sp³-hybridized carbons (Fsp3) is 0.588. The number of methoxy groups -OCH3 is 1. The Morgan fingerprint density at radius 1 is 1.36 bits per heavy atom. The number of rotatable bonds is 3. The summed E-state index contributed by atoms with van der Waals surface area (Å²) in [5, 5.41) is 0. The van der Waals surface area contributed by atoms with Crippen LogP contribution in [0.25, 0.3) is 0 Å². The van der Waals surface area contributed by atoms with E-state index >= 15 is 0 Å². The van der Waals surface area contributed by atoms with Crippen LogP contribution in [0.1, 0.15) is 35.2 Å². The highest BCUT2D eigenvalue weighted by Gasteiger charge is 2.53. The van der Waals surface area contributed by atoms with Crippen LogP contribution < -0.4 is 5.73 Å². The summed E-state index contributed by atoms with van der Waals surface area (Å²) in [4.78, 5) is 13.8. The number of hydrogen-bond acceptors (Lipinski definition) is 3. The van der Waals surface area contributed by atoms with Crippen molar-refractivity contribution in [3.05, 3.63) is 35.1 Å². The van der Waals surface area contributed by atoms with Crippen LogP contribution in [0.3, 0.4) is 0 Å². The van der Waals surface area contributed by atoms with Crippen molar-refractivity contribution < 1.29 is 13.9 Å². The molecular weight excluding hydrogens is 283 g/mol. The van der Waals surface area contributed by atoms with E-state index < -0.39 is 17.3 Å². The topological polar surface area (TPSA) is 55.6 Å². The molecule has 22 heavy (non-hydrogen) atoms. The number of carbonyl (C=O) groups excluding carboxylic acids is 1. The number of primary amides is 1. The van der Waals surface area contributed by atoms with Crippen LogP contribution in [0.4, 0.5) is 4.39 Å². The van der Waals surface area contributed by atoms with E-state index in [4.69, 9.17) is 10.5 Å². The van der Waals surface area contributed by atoms with E-state index in [9.17, 15) is 9.18 Å². The van der Waals surface area contributed by atoms with E-state index in [1.54, 1.807) is 19.2 Å². The first-order valence-electron chi connectivity index (χ1n) is 7.83. The van der Waals surface area contributed by atoms with Gasteiger partial charge in [0.2, 0.25) is 0 Å². The molecule has 2 fully saturated rings. The lowest BCUT2D eigenvalue weighted by Gasteiger charge is -2.54. The van der Waals surface area contributed by atoms with E-state index in [2.05, 4.69) is 11.9 Å². The number of ether oxygens (including phenoxy) is 1. The van der Waals surface area contributed by atoms with Gasteiger partial charge < -0.3 is 15.4 Å². The van der Waals surface area contributed by atoms with Gasteiger partial charge in [-0.2, -0.15) is 0 Å². The molecule has 1 aliphatic carbocycles. The Hall–Kier alpha value is -1.46. The molecule has 1 saturated carbocycles. The molecule has 0 aromatic heterocycles. The molecule has 3 atom stereocenters. The van der Waals surface area contributed by atoms with Crippen molar-refractivity contribution in [2.45, 2.75) is 24.9 Å². The first-order chi connectivity index (χ1) is 10.5. The number of carbonyl (C=O) groups is 1. The number of piperidine rings is 1. The largest absolute Gasteiger partial charge is 0.373 e. The van der Waals surface area contributed by atoms with Crippen molar-refractivity contribution in [3.63, 3.8) is 0 Å². The van der Waals surface area contributed by atoms with Crippen LogP contribution in [0.15, 0.2) is 18.2 Å². The number of halogens is 1. The molecule has 1 heterocycles. The molecule has 3 rings (SSSR count). The van der Waals surface area contributed by atoms with E-state index in [-0.39, 0.29) is 17.4 Å². The highest BCUT2D eigenvalue weighted by molar-refractivity contribution is 5.93. The fourth-order valence-electron chi connectivity index (χ4n) is 4.56. The average molecular weight is 306 g/mol. The zero-order chi connectivity index (χ0) is 15.9. The molecule has 120 valence electrons. The molecule has 0 radical (unpaired) electrons. The fourth-order valence-corrected chi connectivity index (χ4v) is 4.56. The van der Waals surface area contributed by atoms with Crippen LogP contribution in [0.5, 0.6) is 0 Å². The number of likely N-dealkylation sites (tertiary alicyclic amines) is 1. The Morgan fingerprint density at radius 3 is 2.55 bits per heavy atom. The Labute approximate surface area is 130 Å². The quantitative estimate of drug-likeness (QED) is 0.931. The van der Waals surface area contributed by atoms with Crippen LogP contribution in [-0.4, -0.2) is 38.1 Å². The Bertz CT molecular complexity index is 576. The molecule has 2 N–H and O–H groups in total. The first-order valence-corrected chi connectivity index (χ1v) is 7.83. The molecule has 1 aliphatic heterocycles. The van der Waals surface area contributed by atoms with Crippen molar-refractivity contribution in [2.24, 2.45) is 17.6 Å². The Balaban J connectivity index is 2.15. The number of hydrogen-bond donors (Lipinski definition) is 1. The van der Waals surface area contributed by atoms with Gasteiger partial charge in [0, 0.05) is 37.6 Å². The molecule has 1 aromatic carbocycles. The Morgan fingerprint density at radius 2 is 2.00 bits per heavy atom. The summed E-state index contributed by atoms with van der Waals surface area (Å²) in [7, 11) is 3.76. The molecule has 1 saturated heterocycles. The number of nitrogens with zero attached hydrogens (tertiary/aromatic N) is 1. The Kier molecular flexibility index (Phi) is 3.95. The minimum Gasteiger partial charge on any atom is -0.373 e. The number of benzene rings is 1. The van der Waals surface area contributed by atoms with Gasteiger partial charge in [-0.25, -0.2) is 4.39 Å². The van der Waals surface area contributed by atoms with Crippen LogP contribution in [0.2, 0.25) is 0 Å². The summed E-state index contributed by atoms with van der Waals surface area (Å²) in [5.41, 5.74) is 5.10. The van der Waals surface area contributed by atoms with Crippen LogP contribution in [0, 0.1) is 17.7 Å². The van der Waals surface area contributed by atoms with Gasteiger partial charge >= 0.3 is 0 Å². The lowest BCUT2D eigenvalue weighted by Crippen LogP contribution is -2.58. The molecule has 5 heteroatoms. The number of fused-ring (bicyclic) bond motifs is 2. The summed E-state index contributed by atoms with van der Waals surface area (Å²) in [6.45, 7) is 1.76. The molecular formula is C17H23FN2O2. The van der Waals surface area contributed by atoms with Crippen molar-refractivity contribution in [2.75, 3.05) is 27.2 Å². The third kappa shape index (κ3) is 2.15. The predicted molar refractivity (Wildman–Crippen MR) is 81.9 cm³/mol. The van der Waals surface area contributed by atoms with E-state index in [0.29, 0.717) is 5.56 Å². The van der Waals surface area contributed by atoms with Gasteiger partial charge in [0.25, 0.3) is 5.91 Å². The van der Waals surface area contributed by atoms with Crippen molar-refractivity contribution in [1.29, 1.82) is 0 Å². The van der Waals surface area contributed by atoms with Crippen LogP contribution in [-0.2, 0) is 10.3 Å². The van der Waals surface area contributed by atoms with Crippen molar-refractivity contribution in [1.82, 2.24) is 4.90 Å². The van der Waals surface area contributed by atoms with Gasteiger partial charge in [-0.15, -0.1) is 0 Å². The van der Waals surface area contributed by atoms with Gasteiger partial charge in [-0.3, -0.25) is 4.79 Å². The van der Waals surface area contributed by atoms with Crippen molar-refractivity contribution >= 4 is 5.91 Å². The van der Waals surface area contributed by atoms with Gasteiger partial charge in [-0.1, -0.05) is 18.6 Å². The minimum absolute atomic E-state index is 0.0501. The summed E-state index contributed by atoms with van der Waals surface area (Å²) in [6, 6.07) is 4.89. The zero-order valence-electron chi connectivity index (χ0n) is 13.1. The third-order valence-electron chi connectivity index (χ3n) is 5.41. The SMILES string of the molecule is COC1(c2cccc(C(N)=O)c2F)[C@@H]2CCC[C@H]1CN(C)C2. The predicted octanol–water partition coefficient (Wildman–Crippen LogP) is 2.13. The maximum atomic E-state index is 14.9. The molecule has 4 nitrogen and oxygen atoms in total. The smallest absolute Gasteiger partial charge is 0.251 e. The summed E-state index contributed by atoms with van der Waals surface area (Å²) >= 11 is 0. The first kappa shape index (κ1) is 15.4. The standard InChI is InChI=1S/C17H23FN2O2/c1-20-9-11-5-3-6-12(10-20)17(11,22-2)14-8-4-7-13(15(14)18)16(19)21/h4,7-8,11-12H,3,5-6,9-10H2,1-2H3,(H2,19,21)/t11-,12+,17?. The van der Waals surface area contributed by atoms with E-state index in [0.717, 1.165) is 32.4 Å². The van der Waals surface area contributed by atoms with Gasteiger partial charge in [0.05, 0.1) is 5.56 Å². The molecule has 2 aliphatic rings. The summed E-state index contributed by atoms with van der Waals surface area (Å²) in [6.07, 6.45) is 3.16. The second-order valence-corrected chi connectivity index (χ2v) is 6.57. The van der Waals surface area contributed by atoms with Gasteiger partial charge in [0.15, 0.2) is 0 Å². The zero-order valence-corrected chi connectivity index (χ0v) is 13.1. The van der Waals surface area contributed by atoms with Crippen molar-refractivity contribution in [3.8, 4) is 0 Å². The molecule has 1 unspecified atom stereocenters. The summed E-state index contributed by atoms with van der Waals surface area (Å²) in [5.74, 6) is -0.790. The normalized spacial score (nSPS) is 32.0. The maximum Gasteiger partial charge on any atom is 0.251 e. The van der Waals surface area contributed by atoms with Gasteiger partial charge in [-0.05, 0) is 26.0 Å². The molecule has 0 spiro atoms. The third-order valence-corrected chi connectivity index (χ3v) is 5.41. The average Bonchev–Trinajstić information content (AvgIpc) is 2.46. The highest BCUT2D eigenvalue weighted by atomic mass is 19.1. The summed E-state index contributed by atoms with van der Waals surface area (Å²) < 4.78 is 20.9. The minimum atomic E-state index is -0.733. The molecule has 1 amide bonds. The molecule has 1 aromatic rings. The highest BCUT2D eigenvalue weighted by Crippen LogP contribution is 2.52. The second kappa shape index (κ2) is 5.63.